The maximum atomic E-state index is 12.5. The fraction of sp³-hybridized carbons (Fsp3) is 0.364. The Hall–Kier alpha value is -2.20. The molecule has 0 unspecified atom stereocenters. The van der Waals surface area contributed by atoms with E-state index in [0.717, 1.165) is 6.07 Å². The second-order valence-electron chi connectivity index (χ2n) is 3.88. The predicted octanol–water partition coefficient (Wildman–Crippen LogP) is 1.53. The van der Waals surface area contributed by atoms with E-state index < -0.39 is 34.9 Å². The molecule has 0 aliphatic heterocycles. The van der Waals surface area contributed by atoms with E-state index in [1.807, 2.05) is 0 Å². The Balaban J connectivity index is 2.92. The summed E-state index contributed by atoms with van der Waals surface area (Å²) in [5, 5.41) is 12.9. The molecule has 0 saturated heterocycles. The number of nitrogens with two attached hydrogens (primary N) is 1. The Kier molecular flexibility index (Phi) is 5.61. The SMILES string of the molecule is NCCOCC(=O)Nc1ccc(C(F)(F)F)cc1[N+](=O)[O-]. The molecule has 21 heavy (non-hydrogen) atoms. The Labute approximate surface area is 117 Å². The molecule has 0 saturated carbocycles. The zero-order chi connectivity index (χ0) is 16.0. The van der Waals surface area contributed by atoms with Gasteiger partial charge in [-0.15, -0.1) is 0 Å². The normalized spacial score (nSPS) is 11.2. The number of hydrogen-bond acceptors (Lipinski definition) is 5. The zero-order valence-electron chi connectivity index (χ0n) is 10.6. The molecule has 116 valence electrons. The molecule has 7 nitrogen and oxygen atoms in total. The molecular formula is C11H12F3N3O4. The second-order valence-corrected chi connectivity index (χ2v) is 3.88. The largest absolute Gasteiger partial charge is 0.416 e. The number of anilines is 1. The van der Waals surface area contributed by atoms with Crippen LogP contribution in [0.15, 0.2) is 18.2 Å². The van der Waals surface area contributed by atoms with Crippen LogP contribution in [-0.4, -0.2) is 30.6 Å². The molecule has 0 atom stereocenters. The van der Waals surface area contributed by atoms with Crippen molar-refractivity contribution < 1.29 is 27.6 Å². The number of rotatable bonds is 6. The van der Waals surface area contributed by atoms with Crippen LogP contribution in [0, 0.1) is 10.1 Å². The maximum Gasteiger partial charge on any atom is 0.416 e. The number of halogens is 3. The third kappa shape index (κ3) is 5.00. The second kappa shape index (κ2) is 6.99. The summed E-state index contributed by atoms with van der Waals surface area (Å²) in [6.45, 7) is -0.106. The number of nitrogens with zero attached hydrogens (tertiary/aromatic N) is 1. The first-order chi connectivity index (χ1) is 9.75. The van der Waals surface area contributed by atoms with Crippen molar-refractivity contribution >= 4 is 17.3 Å². The van der Waals surface area contributed by atoms with Gasteiger partial charge in [-0.3, -0.25) is 14.9 Å². The summed E-state index contributed by atoms with van der Waals surface area (Å²) < 4.78 is 42.3. The summed E-state index contributed by atoms with van der Waals surface area (Å²) >= 11 is 0. The van der Waals surface area contributed by atoms with Crippen LogP contribution in [0.25, 0.3) is 0 Å². The highest BCUT2D eigenvalue weighted by Crippen LogP contribution is 2.34. The number of nitro benzene ring substituents is 1. The molecular weight excluding hydrogens is 295 g/mol. The van der Waals surface area contributed by atoms with Crippen LogP contribution in [0.3, 0.4) is 0 Å². The Morgan fingerprint density at radius 1 is 1.43 bits per heavy atom. The van der Waals surface area contributed by atoms with Crippen LogP contribution in [0.2, 0.25) is 0 Å². The third-order valence-electron chi connectivity index (χ3n) is 2.29. The maximum absolute atomic E-state index is 12.5. The molecule has 3 N–H and O–H groups in total. The number of nitro groups is 1. The molecule has 0 aliphatic rings. The summed E-state index contributed by atoms with van der Waals surface area (Å²) in [7, 11) is 0. The van der Waals surface area contributed by atoms with Crippen molar-refractivity contribution in [1.29, 1.82) is 0 Å². The van der Waals surface area contributed by atoms with E-state index in [9.17, 15) is 28.1 Å². The van der Waals surface area contributed by atoms with Gasteiger partial charge in [0.15, 0.2) is 0 Å². The number of alkyl halides is 3. The van der Waals surface area contributed by atoms with Crippen molar-refractivity contribution in [3.05, 3.63) is 33.9 Å². The van der Waals surface area contributed by atoms with Gasteiger partial charge >= 0.3 is 6.18 Å². The highest BCUT2D eigenvalue weighted by Gasteiger charge is 2.33. The predicted molar refractivity (Wildman–Crippen MR) is 66.6 cm³/mol. The average Bonchev–Trinajstić information content (AvgIpc) is 2.37. The first-order valence-electron chi connectivity index (χ1n) is 5.69. The minimum Gasteiger partial charge on any atom is -0.370 e. The molecule has 0 radical (unpaired) electrons. The molecule has 0 aromatic heterocycles. The minimum absolute atomic E-state index is 0.114. The minimum atomic E-state index is -4.71. The van der Waals surface area contributed by atoms with Crippen LogP contribution in [0.5, 0.6) is 0 Å². The molecule has 1 amide bonds. The number of carbonyl (C=O) groups is 1. The first-order valence-corrected chi connectivity index (χ1v) is 5.69. The summed E-state index contributed by atoms with van der Waals surface area (Å²) in [5.74, 6) is -0.730. The number of hydrogen-bond donors (Lipinski definition) is 2. The van der Waals surface area contributed by atoms with E-state index in [1.54, 1.807) is 0 Å². The lowest BCUT2D eigenvalue weighted by molar-refractivity contribution is -0.384. The number of amides is 1. The molecule has 10 heteroatoms. The summed E-state index contributed by atoms with van der Waals surface area (Å²) in [5.41, 5.74) is 2.77. The van der Waals surface area contributed by atoms with Crippen LogP contribution in [0.1, 0.15) is 5.56 Å². The zero-order valence-corrected chi connectivity index (χ0v) is 10.6. The smallest absolute Gasteiger partial charge is 0.370 e. The topological polar surface area (TPSA) is 107 Å². The molecule has 0 fully saturated rings. The van der Waals surface area contributed by atoms with Crippen molar-refractivity contribution in [3.63, 3.8) is 0 Å². The van der Waals surface area contributed by atoms with Crippen molar-refractivity contribution in [3.8, 4) is 0 Å². The van der Waals surface area contributed by atoms with Crippen LogP contribution in [-0.2, 0) is 15.7 Å². The van der Waals surface area contributed by atoms with E-state index in [2.05, 4.69) is 5.32 Å². The lowest BCUT2D eigenvalue weighted by atomic mass is 10.1. The molecule has 1 aromatic rings. The van der Waals surface area contributed by atoms with Crippen molar-refractivity contribution in [2.75, 3.05) is 25.1 Å². The molecule has 0 spiro atoms. The number of benzene rings is 1. The fourth-order valence-corrected chi connectivity index (χ4v) is 1.40. The van der Waals surface area contributed by atoms with E-state index in [1.165, 1.54) is 0 Å². The van der Waals surface area contributed by atoms with Gasteiger partial charge in [0.2, 0.25) is 0 Å². The molecule has 0 aliphatic carbocycles. The first kappa shape index (κ1) is 16.9. The van der Waals surface area contributed by atoms with Gasteiger partial charge in [-0.1, -0.05) is 0 Å². The van der Waals surface area contributed by atoms with Gasteiger partial charge in [-0.25, -0.2) is 0 Å². The lowest BCUT2D eigenvalue weighted by Crippen LogP contribution is -2.21. The van der Waals surface area contributed by atoms with Gasteiger partial charge in [0.25, 0.3) is 11.6 Å². The van der Waals surface area contributed by atoms with Crippen LogP contribution < -0.4 is 11.1 Å². The van der Waals surface area contributed by atoms with Gasteiger partial charge in [-0.2, -0.15) is 13.2 Å². The molecule has 1 rings (SSSR count). The van der Waals surface area contributed by atoms with E-state index >= 15 is 0 Å². The van der Waals surface area contributed by atoms with Gasteiger partial charge < -0.3 is 15.8 Å². The third-order valence-corrected chi connectivity index (χ3v) is 2.29. The van der Waals surface area contributed by atoms with Crippen LogP contribution in [0.4, 0.5) is 24.5 Å². The van der Waals surface area contributed by atoms with E-state index in [4.69, 9.17) is 10.5 Å². The molecule has 1 aromatic carbocycles. The molecule has 0 heterocycles. The van der Waals surface area contributed by atoms with Crippen molar-refractivity contribution in [2.45, 2.75) is 6.18 Å². The Bertz CT molecular complexity index is 534. The van der Waals surface area contributed by atoms with Gasteiger partial charge in [-0.05, 0) is 12.1 Å². The van der Waals surface area contributed by atoms with Crippen LogP contribution >= 0.6 is 0 Å². The Morgan fingerprint density at radius 3 is 2.62 bits per heavy atom. The summed E-state index contributed by atoms with van der Waals surface area (Å²) in [4.78, 5) is 21.2. The fourth-order valence-electron chi connectivity index (χ4n) is 1.40. The number of nitrogens with one attached hydrogen (secondary N) is 1. The highest BCUT2D eigenvalue weighted by atomic mass is 19.4. The standard InChI is InChI=1S/C11H12F3N3O4/c12-11(13,14)7-1-2-8(9(5-7)17(19)20)16-10(18)6-21-4-3-15/h1-2,5H,3-4,6,15H2,(H,16,18). The quantitative estimate of drug-likeness (QED) is 0.471. The lowest BCUT2D eigenvalue weighted by Gasteiger charge is -2.10. The van der Waals surface area contributed by atoms with E-state index in [-0.39, 0.29) is 18.8 Å². The molecule has 0 bridgehead atoms. The number of carbonyl (C=O) groups excluding carboxylic acids is 1. The monoisotopic (exact) mass is 307 g/mol. The highest BCUT2D eigenvalue weighted by molar-refractivity contribution is 5.94. The van der Waals surface area contributed by atoms with Gasteiger partial charge in [0.1, 0.15) is 12.3 Å². The van der Waals surface area contributed by atoms with Crippen molar-refractivity contribution in [2.24, 2.45) is 5.73 Å². The van der Waals surface area contributed by atoms with Crippen molar-refractivity contribution in [1.82, 2.24) is 0 Å². The van der Waals surface area contributed by atoms with Gasteiger partial charge in [0, 0.05) is 12.6 Å². The summed E-state index contributed by atoms with van der Waals surface area (Å²) in [6.07, 6.45) is -4.71. The number of ether oxygens (including phenoxy) is 1. The average molecular weight is 307 g/mol. The summed E-state index contributed by atoms with van der Waals surface area (Å²) in [6, 6.07) is 1.82. The van der Waals surface area contributed by atoms with E-state index in [0.29, 0.717) is 12.1 Å². The van der Waals surface area contributed by atoms with Gasteiger partial charge in [0.05, 0.1) is 17.1 Å². The Morgan fingerprint density at radius 2 is 2.10 bits per heavy atom.